The Hall–Kier alpha value is -2.23. The summed E-state index contributed by atoms with van der Waals surface area (Å²) in [5, 5.41) is 4.30. The van der Waals surface area contributed by atoms with Crippen LogP contribution < -0.4 is 0 Å². The van der Waals surface area contributed by atoms with E-state index in [2.05, 4.69) is 25.9 Å². The molecule has 0 radical (unpaired) electrons. The van der Waals surface area contributed by atoms with Gasteiger partial charge in [0, 0.05) is 22.9 Å². The molecular weight excluding hydrogens is 253 g/mol. The summed E-state index contributed by atoms with van der Waals surface area (Å²) in [4.78, 5) is 4.71. The third-order valence-corrected chi connectivity index (χ3v) is 3.29. The first kappa shape index (κ1) is 12.8. The number of aromatic nitrogens is 3. The second-order valence-electron chi connectivity index (χ2n) is 5.90. The summed E-state index contributed by atoms with van der Waals surface area (Å²) < 4.78 is 14.8. The third kappa shape index (κ3) is 2.18. The standard InChI is InChI=1S/C16H16FN3/c1-16(2,3)14-8-9-20-15(19-14)13(10-18-20)11-4-6-12(17)7-5-11/h4-10H,1-3H3. The van der Waals surface area contributed by atoms with Gasteiger partial charge in [0.2, 0.25) is 0 Å². The highest BCUT2D eigenvalue weighted by Gasteiger charge is 2.17. The molecule has 3 aromatic rings. The maximum Gasteiger partial charge on any atom is 0.163 e. The van der Waals surface area contributed by atoms with Crippen LogP contribution in [-0.2, 0) is 5.41 Å². The van der Waals surface area contributed by atoms with Crippen LogP contribution in [0.15, 0.2) is 42.7 Å². The number of benzene rings is 1. The Kier molecular flexibility index (Phi) is 2.82. The molecule has 20 heavy (non-hydrogen) atoms. The lowest BCUT2D eigenvalue weighted by Gasteiger charge is -2.17. The fourth-order valence-corrected chi connectivity index (χ4v) is 2.12. The highest BCUT2D eigenvalue weighted by atomic mass is 19.1. The minimum atomic E-state index is -0.242. The molecule has 1 aromatic carbocycles. The van der Waals surface area contributed by atoms with E-state index in [-0.39, 0.29) is 11.2 Å². The van der Waals surface area contributed by atoms with Crippen molar-refractivity contribution in [2.24, 2.45) is 0 Å². The molecule has 0 aliphatic heterocycles. The first-order chi connectivity index (χ1) is 9.45. The van der Waals surface area contributed by atoms with Crippen molar-refractivity contribution in [2.75, 3.05) is 0 Å². The summed E-state index contributed by atoms with van der Waals surface area (Å²) in [6, 6.07) is 8.38. The van der Waals surface area contributed by atoms with Gasteiger partial charge in [0.1, 0.15) is 5.82 Å². The number of rotatable bonds is 1. The van der Waals surface area contributed by atoms with Gasteiger partial charge in [-0.05, 0) is 23.8 Å². The molecule has 2 aromatic heterocycles. The van der Waals surface area contributed by atoms with Gasteiger partial charge in [0.25, 0.3) is 0 Å². The van der Waals surface area contributed by atoms with E-state index in [1.54, 1.807) is 22.8 Å². The van der Waals surface area contributed by atoms with E-state index in [4.69, 9.17) is 4.98 Å². The van der Waals surface area contributed by atoms with Gasteiger partial charge < -0.3 is 0 Å². The van der Waals surface area contributed by atoms with Crippen LogP contribution in [0.3, 0.4) is 0 Å². The zero-order chi connectivity index (χ0) is 14.3. The van der Waals surface area contributed by atoms with Crippen LogP contribution >= 0.6 is 0 Å². The molecule has 0 unspecified atom stereocenters. The van der Waals surface area contributed by atoms with Crippen LogP contribution in [0.1, 0.15) is 26.5 Å². The van der Waals surface area contributed by atoms with Crippen LogP contribution in [0, 0.1) is 5.82 Å². The summed E-state index contributed by atoms with van der Waals surface area (Å²) in [5.74, 6) is -0.242. The molecule has 0 amide bonds. The molecule has 0 bridgehead atoms. The lowest BCUT2D eigenvalue weighted by atomic mass is 9.92. The molecule has 102 valence electrons. The number of hydrogen-bond acceptors (Lipinski definition) is 2. The Morgan fingerprint density at radius 3 is 2.40 bits per heavy atom. The van der Waals surface area contributed by atoms with E-state index in [1.807, 2.05) is 12.3 Å². The largest absolute Gasteiger partial charge is 0.232 e. The lowest BCUT2D eigenvalue weighted by molar-refractivity contribution is 0.568. The molecule has 0 N–H and O–H groups in total. The van der Waals surface area contributed by atoms with E-state index in [0.717, 1.165) is 22.5 Å². The van der Waals surface area contributed by atoms with Gasteiger partial charge in [0.05, 0.1) is 6.20 Å². The monoisotopic (exact) mass is 269 g/mol. The van der Waals surface area contributed by atoms with Crippen molar-refractivity contribution in [3.8, 4) is 11.1 Å². The molecule has 0 atom stereocenters. The van der Waals surface area contributed by atoms with E-state index in [0.29, 0.717) is 0 Å². The van der Waals surface area contributed by atoms with Crippen LogP contribution in [0.4, 0.5) is 4.39 Å². The number of fused-ring (bicyclic) bond motifs is 1. The zero-order valence-electron chi connectivity index (χ0n) is 11.8. The molecular formula is C16H16FN3. The average molecular weight is 269 g/mol. The van der Waals surface area contributed by atoms with Crippen molar-refractivity contribution in [1.29, 1.82) is 0 Å². The van der Waals surface area contributed by atoms with Crippen molar-refractivity contribution >= 4 is 5.65 Å². The molecule has 2 heterocycles. The molecule has 4 heteroatoms. The van der Waals surface area contributed by atoms with Crippen molar-refractivity contribution in [3.05, 3.63) is 54.2 Å². The van der Waals surface area contributed by atoms with Gasteiger partial charge in [-0.3, -0.25) is 0 Å². The lowest BCUT2D eigenvalue weighted by Crippen LogP contribution is -2.14. The Morgan fingerprint density at radius 2 is 1.75 bits per heavy atom. The van der Waals surface area contributed by atoms with Crippen LogP contribution in [-0.4, -0.2) is 14.6 Å². The normalized spacial score (nSPS) is 12.0. The fraction of sp³-hybridized carbons (Fsp3) is 0.250. The van der Waals surface area contributed by atoms with Gasteiger partial charge in [-0.25, -0.2) is 13.9 Å². The Morgan fingerprint density at radius 1 is 1.05 bits per heavy atom. The number of halogens is 1. The topological polar surface area (TPSA) is 30.2 Å². The molecule has 0 saturated carbocycles. The van der Waals surface area contributed by atoms with Crippen LogP contribution in [0.25, 0.3) is 16.8 Å². The van der Waals surface area contributed by atoms with E-state index < -0.39 is 0 Å². The van der Waals surface area contributed by atoms with Gasteiger partial charge in [-0.15, -0.1) is 0 Å². The maximum absolute atomic E-state index is 13.0. The quantitative estimate of drug-likeness (QED) is 0.672. The molecule has 0 aliphatic rings. The summed E-state index contributed by atoms with van der Waals surface area (Å²) >= 11 is 0. The van der Waals surface area contributed by atoms with Gasteiger partial charge in [0.15, 0.2) is 5.65 Å². The van der Waals surface area contributed by atoms with Crippen LogP contribution in [0.5, 0.6) is 0 Å². The predicted molar refractivity (Wildman–Crippen MR) is 77.1 cm³/mol. The van der Waals surface area contributed by atoms with E-state index >= 15 is 0 Å². The minimum Gasteiger partial charge on any atom is -0.232 e. The number of hydrogen-bond donors (Lipinski definition) is 0. The molecule has 0 aliphatic carbocycles. The molecule has 3 rings (SSSR count). The number of nitrogens with zero attached hydrogens (tertiary/aromatic N) is 3. The Balaban J connectivity index is 2.19. The Bertz CT molecular complexity index is 751. The van der Waals surface area contributed by atoms with Crippen LogP contribution in [0.2, 0.25) is 0 Å². The van der Waals surface area contributed by atoms with Crippen molar-refractivity contribution in [1.82, 2.24) is 14.6 Å². The first-order valence-corrected chi connectivity index (χ1v) is 6.56. The van der Waals surface area contributed by atoms with E-state index in [1.165, 1.54) is 12.1 Å². The average Bonchev–Trinajstić information content (AvgIpc) is 2.81. The van der Waals surface area contributed by atoms with E-state index in [9.17, 15) is 4.39 Å². The summed E-state index contributed by atoms with van der Waals surface area (Å²) in [6.45, 7) is 6.37. The second kappa shape index (κ2) is 4.40. The predicted octanol–water partition coefficient (Wildman–Crippen LogP) is 3.83. The molecule has 0 saturated heterocycles. The highest BCUT2D eigenvalue weighted by Crippen LogP contribution is 2.26. The fourth-order valence-electron chi connectivity index (χ4n) is 2.12. The smallest absolute Gasteiger partial charge is 0.163 e. The molecule has 3 nitrogen and oxygen atoms in total. The van der Waals surface area contributed by atoms with Crippen molar-refractivity contribution in [3.63, 3.8) is 0 Å². The second-order valence-corrected chi connectivity index (χ2v) is 5.90. The molecule has 0 fully saturated rings. The van der Waals surface area contributed by atoms with Crippen molar-refractivity contribution < 1.29 is 4.39 Å². The van der Waals surface area contributed by atoms with Gasteiger partial charge >= 0.3 is 0 Å². The first-order valence-electron chi connectivity index (χ1n) is 6.56. The summed E-state index contributed by atoms with van der Waals surface area (Å²) in [5.41, 5.74) is 3.61. The molecule has 0 spiro atoms. The van der Waals surface area contributed by atoms with Gasteiger partial charge in [-0.2, -0.15) is 5.10 Å². The zero-order valence-corrected chi connectivity index (χ0v) is 11.8. The minimum absolute atomic E-state index is 0.0217. The summed E-state index contributed by atoms with van der Waals surface area (Å²) in [6.07, 6.45) is 3.68. The maximum atomic E-state index is 13.0. The third-order valence-electron chi connectivity index (χ3n) is 3.29. The Labute approximate surface area is 117 Å². The van der Waals surface area contributed by atoms with Crippen molar-refractivity contribution in [2.45, 2.75) is 26.2 Å². The summed E-state index contributed by atoms with van der Waals surface area (Å²) in [7, 11) is 0. The SMILES string of the molecule is CC(C)(C)c1ccn2ncc(-c3ccc(F)cc3)c2n1. The van der Waals surface area contributed by atoms with Gasteiger partial charge in [-0.1, -0.05) is 32.9 Å². The highest BCUT2D eigenvalue weighted by molar-refractivity contribution is 5.76.